The summed E-state index contributed by atoms with van der Waals surface area (Å²) in [4.78, 5) is 23.7. The van der Waals surface area contributed by atoms with E-state index >= 15 is 0 Å². The van der Waals surface area contributed by atoms with E-state index in [0.717, 1.165) is 11.2 Å². The molecule has 2 atom stereocenters. The van der Waals surface area contributed by atoms with Crippen molar-refractivity contribution in [2.24, 2.45) is 5.92 Å². The highest BCUT2D eigenvalue weighted by molar-refractivity contribution is 5.80. The van der Waals surface area contributed by atoms with E-state index in [1.807, 2.05) is 6.07 Å². The summed E-state index contributed by atoms with van der Waals surface area (Å²) in [7, 11) is 0. The van der Waals surface area contributed by atoms with Crippen molar-refractivity contribution >= 4 is 12.1 Å². The third kappa shape index (κ3) is 3.21. The molecule has 0 aromatic heterocycles. The Hall–Kier alpha value is -2.03. The van der Waals surface area contributed by atoms with Gasteiger partial charge in [-0.1, -0.05) is 6.58 Å². The molecule has 0 radical (unpaired) electrons. The number of carboxylic acids is 1. The summed E-state index contributed by atoms with van der Waals surface area (Å²) >= 11 is 0. The summed E-state index contributed by atoms with van der Waals surface area (Å²) in [6, 6.07) is 1.10. The van der Waals surface area contributed by atoms with Crippen LogP contribution in [0.1, 0.15) is 19.3 Å². The van der Waals surface area contributed by atoms with Crippen LogP contribution in [0.5, 0.6) is 0 Å². The predicted molar refractivity (Wildman–Crippen MR) is 57.8 cm³/mol. The molecule has 1 amide bonds. The Kier molecular flexibility index (Phi) is 4.52. The minimum atomic E-state index is -1.08. The molecule has 6 heteroatoms. The summed E-state index contributed by atoms with van der Waals surface area (Å²) in [5.41, 5.74) is 0. The Labute approximate surface area is 99.1 Å². The van der Waals surface area contributed by atoms with Crippen molar-refractivity contribution in [2.75, 3.05) is 6.54 Å². The predicted octanol–water partition coefficient (Wildman–Crippen LogP) is 1.35. The fourth-order valence-corrected chi connectivity index (χ4v) is 1.94. The molecule has 1 saturated heterocycles. The number of hydrogen-bond acceptors (Lipinski definition) is 4. The number of nitrogens with zero attached hydrogens (tertiary/aromatic N) is 2. The number of amides is 1. The Morgan fingerprint density at radius 2 is 2.35 bits per heavy atom. The van der Waals surface area contributed by atoms with Crippen molar-refractivity contribution < 1.29 is 19.4 Å². The summed E-state index contributed by atoms with van der Waals surface area (Å²) in [6.45, 7) is 3.54. The van der Waals surface area contributed by atoms with E-state index < -0.39 is 18.1 Å². The average molecular weight is 238 g/mol. The number of carboxylic acid groups (broad SMARTS) is 1. The van der Waals surface area contributed by atoms with E-state index in [-0.39, 0.29) is 18.9 Å². The van der Waals surface area contributed by atoms with Crippen LogP contribution in [0.25, 0.3) is 0 Å². The summed E-state index contributed by atoms with van der Waals surface area (Å²) < 4.78 is 4.58. The summed E-state index contributed by atoms with van der Waals surface area (Å²) in [6.07, 6.45) is 1.48. The average Bonchev–Trinajstić information content (AvgIpc) is 2.29. The minimum absolute atomic E-state index is 0.0221. The molecule has 0 aliphatic carbocycles. The maximum atomic E-state index is 11.5. The van der Waals surface area contributed by atoms with Gasteiger partial charge in [-0.15, -0.1) is 0 Å². The topological polar surface area (TPSA) is 90.6 Å². The number of rotatable bonds is 3. The van der Waals surface area contributed by atoms with Gasteiger partial charge in [0.2, 0.25) is 0 Å². The van der Waals surface area contributed by atoms with E-state index in [2.05, 4.69) is 11.3 Å². The molecule has 6 nitrogen and oxygen atoms in total. The van der Waals surface area contributed by atoms with Crippen molar-refractivity contribution in [3.05, 3.63) is 12.8 Å². The smallest absolute Gasteiger partial charge is 0.415 e. The van der Waals surface area contributed by atoms with E-state index in [4.69, 9.17) is 10.4 Å². The van der Waals surface area contributed by atoms with Crippen LogP contribution < -0.4 is 0 Å². The molecule has 0 bridgehead atoms. The highest BCUT2D eigenvalue weighted by Gasteiger charge is 2.36. The van der Waals surface area contributed by atoms with Crippen LogP contribution in [0, 0.1) is 17.2 Å². The molecule has 17 heavy (non-hydrogen) atoms. The highest BCUT2D eigenvalue weighted by atomic mass is 16.5. The number of likely N-dealkylation sites (tertiary alicyclic amines) is 1. The van der Waals surface area contributed by atoms with Crippen molar-refractivity contribution in [2.45, 2.75) is 25.3 Å². The molecule has 0 aromatic rings. The molecule has 92 valence electrons. The second-order valence-corrected chi connectivity index (χ2v) is 3.85. The number of carbonyl (C=O) groups excluding carboxylic acids is 1. The molecule has 2 unspecified atom stereocenters. The Balaban J connectivity index is 2.72. The van der Waals surface area contributed by atoms with Gasteiger partial charge in [-0.05, 0) is 18.8 Å². The normalized spacial score (nSPS) is 23.6. The van der Waals surface area contributed by atoms with Gasteiger partial charge in [-0.2, -0.15) is 5.26 Å². The zero-order valence-corrected chi connectivity index (χ0v) is 9.33. The van der Waals surface area contributed by atoms with Crippen molar-refractivity contribution in [1.82, 2.24) is 4.90 Å². The molecule has 1 aliphatic rings. The minimum Gasteiger partial charge on any atom is -0.480 e. The zero-order valence-electron chi connectivity index (χ0n) is 9.33. The third-order valence-corrected chi connectivity index (χ3v) is 2.79. The van der Waals surface area contributed by atoms with E-state index in [0.29, 0.717) is 12.8 Å². The number of hydrogen-bond donors (Lipinski definition) is 1. The Bertz CT molecular complexity index is 361. The Morgan fingerprint density at radius 3 is 2.88 bits per heavy atom. The maximum absolute atomic E-state index is 11.5. The molecular weight excluding hydrogens is 224 g/mol. The number of carbonyl (C=O) groups is 2. The van der Waals surface area contributed by atoms with Gasteiger partial charge in [0.15, 0.2) is 0 Å². The highest BCUT2D eigenvalue weighted by Crippen LogP contribution is 2.26. The molecule has 0 aromatic carbocycles. The van der Waals surface area contributed by atoms with Crippen LogP contribution in [-0.2, 0) is 9.53 Å². The standard InChI is InChI=1S/C11H14N2O4/c1-2-17-11(16)13-6-4-8(3-5-12)7-9(13)10(14)15/h2,8-9H,1,3-4,6-7H2,(H,14,15). The second-order valence-electron chi connectivity index (χ2n) is 3.85. The van der Waals surface area contributed by atoms with Gasteiger partial charge in [0.05, 0.1) is 12.3 Å². The molecule has 1 N–H and O–H groups in total. The lowest BCUT2D eigenvalue weighted by Crippen LogP contribution is -2.50. The maximum Gasteiger partial charge on any atom is 0.415 e. The van der Waals surface area contributed by atoms with E-state index in [1.54, 1.807) is 0 Å². The lowest BCUT2D eigenvalue weighted by atomic mass is 9.89. The first-order valence-corrected chi connectivity index (χ1v) is 5.28. The molecule has 0 saturated carbocycles. The largest absolute Gasteiger partial charge is 0.480 e. The summed E-state index contributed by atoms with van der Waals surface area (Å²) in [5.74, 6) is -1.05. The van der Waals surface area contributed by atoms with Crippen LogP contribution >= 0.6 is 0 Å². The van der Waals surface area contributed by atoms with Crippen LogP contribution in [0.3, 0.4) is 0 Å². The van der Waals surface area contributed by atoms with Crippen molar-refractivity contribution in [1.29, 1.82) is 5.26 Å². The van der Waals surface area contributed by atoms with Gasteiger partial charge in [0.25, 0.3) is 0 Å². The molecule has 0 spiro atoms. The molecule has 1 rings (SSSR count). The van der Waals surface area contributed by atoms with E-state index in [9.17, 15) is 9.59 Å². The monoisotopic (exact) mass is 238 g/mol. The van der Waals surface area contributed by atoms with Crippen molar-refractivity contribution in [3.8, 4) is 6.07 Å². The van der Waals surface area contributed by atoms with E-state index in [1.165, 1.54) is 0 Å². The SMILES string of the molecule is C=COC(=O)N1CCC(CC#N)CC1C(=O)O. The van der Waals surface area contributed by atoms with Crippen LogP contribution in [-0.4, -0.2) is 34.7 Å². The number of piperidine rings is 1. The first kappa shape index (κ1) is 13.0. The Morgan fingerprint density at radius 1 is 1.65 bits per heavy atom. The van der Waals surface area contributed by atoms with Gasteiger partial charge in [0.1, 0.15) is 6.04 Å². The second kappa shape index (κ2) is 5.89. The first-order valence-electron chi connectivity index (χ1n) is 5.28. The fourth-order valence-electron chi connectivity index (χ4n) is 1.94. The lowest BCUT2D eigenvalue weighted by molar-refractivity contribution is -0.144. The molecule has 1 heterocycles. The zero-order chi connectivity index (χ0) is 12.8. The fraction of sp³-hybridized carbons (Fsp3) is 0.545. The van der Waals surface area contributed by atoms with Gasteiger partial charge < -0.3 is 9.84 Å². The quantitative estimate of drug-likeness (QED) is 0.749. The van der Waals surface area contributed by atoms with Gasteiger partial charge in [-0.25, -0.2) is 9.59 Å². The first-order chi connectivity index (χ1) is 8.10. The number of nitriles is 1. The van der Waals surface area contributed by atoms with Crippen LogP contribution in [0.4, 0.5) is 4.79 Å². The summed E-state index contributed by atoms with van der Waals surface area (Å²) in [5, 5.41) is 17.6. The van der Waals surface area contributed by atoms with Crippen LogP contribution in [0.15, 0.2) is 12.8 Å². The van der Waals surface area contributed by atoms with Crippen LogP contribution in [0.2, 0.25) is 0 Å². The molecular formula is C11H14N2O4. The van der Waals surface area contributed by atoms with Gasteiger partial charge in [-0.3, -0.25) is 4.90 Å². The van der Waals surface area contributed by atoms with Gasteiger partial charge >= 0.3 is 12.1 Å². The third-order valence-electron chi connectivity index (χ3n) is 2.79. The lowest BCUT2D eigenvalue weighted by Gasteiger charge is -2.35. The molecule has 1 fully saturated rings. The van der Waals surface area contributed by atoms with Gasteiger partial charge in [0, 0.05) is 13.0 Å². The van der Waals surface area contributed by atoms with Crippen molar-refractivity contribution in [3.63, 3.8) is 0 Å². The number of ether oxygens (including phenoxy) is 1. The molecule has 1 aliphatic heterocycles. The number of aliphatic carboxylic acids is 1.